The van der Waals surface area contributed by atoms with E-state index in [2.05, 4.69) is 48.4 Å². The maximum absolute atomic E-state index is 12.7. The molecule has 0 aliphatic heterocycles. The van der Waals surface area contributed by atoms with E-state index in [1.54, 1.807) is 45.0 Å². The lowest BCUT2D eigenvalue weighted by molar-refractivity contribution is -0.154. The fourth-order valence-corrected chi connectivity index (χ4v) is 3.21. The zero-order valence-electron chi connectivity index (χ0n) is 22.5. The van der Waals surface area contributed by atoms with Gasteiger partial charge in [-0.1, -0.05) is 35.0 Å². The number of ether oxygens (including phenoxy) is 3. The molecule has 0 fully saturated rings. The number of hydrogen-bond donors (Lipinski definition) is 2. The van der Waals surface area contributed by atoms with E-state index in [0.717, 1.165) is 16.6 Å². The van der Waals surface area contributed by atoms with Crippen LogP contribution < -0.4 is 20.1 Å². The first-order valence-corrected chi connectivity index (χ1v) is 13.5. The lowest BCUT2D eigenvalue weighted by Crippen LogP contribution is -2.23. The second-order valence-corrected chi connectivity index (χ2v) is 10.6. The Hall–Kier alpha value is -3.61. The third-order valence-corrected chi connectivity index (χ3v) is 6.03. The van der Waals surface area contributed by atoms with Gasteiger partial charge in [0, 0.05) is 17.6 Å². The van der Waals surface area contributed by atoms with Gasteiger partial charge in [0.15, 0.2) is 6.61 Å². The minimum Gasteiger partial charge on any atom is -0.493 e. The molecule has 13 heteroatoms. The Morgan fingerprint density at radius 2 is 1.60 bits per heavy atom. The molecule has 40 heavy (non-hydrogen) atoms. The Kier molecular flexibility index (Phi) is 10.5. The van der Waals surface area contributed by atoms with Crippen LogP contribution in [0.1, 0.15) is 43.6 Å². The summed E-state index contributed by atoms with van der Waals surface area (Å²) in [5, 5.41) is 6.71. The van der Waals surface area contributed by atoms with Crippen molar-refractivity contribution in [2.24, 2.45) is 5.92 Å². The summed E-state index contributed by atoms with van der Waals surface area (Å²) >= 11 is 3.42. The lowest BCUT2D eigenvalue weighted by Gasteiger charge is -2.19. The van der Waals surface area contributed by atoms with Crippen LogP contribution in [-0.2, 0) is 11.3 Å². The zero-order valence-corrected chi connectivity index (χ0v) is 24.1. The van der Waals surface area contributed by atoms with Gasteiger partial charge in [0.05, 0.1) is 12.2 Å². The minimum absolute atomic E-state index is 0.00604. The van der Waals surface area contributed by atoms with E-state index in [1.807, 2.05) is 24.3 Å². The maximum Gasteiger partial charge on any atom is 0.422 e. The normalized spacial score (nSPS) is 12.4. The molecule has 1 atom stereocenters. The van der Waals surface area contributed by atoms with Crippen LogP contribution in [0.2, 0.25) is 0 Å². The van der Waals surface area contributed by atoms with Crippen molar-refractivity contribution in [2.75, 3.05) is 29.2 Å². The molecular formula is C27H31BrF3N5O4. The van der Waals surface area contributed by atoms with Gasteiger partial charge in [0.25, 0.3) is 0 Å². The number of hydrogen-bond acceptors (Lipinski definition) is 9. The first kappa shape index (κ1) is 30.9. The van der Waals surface area contributed by atoms with E-state index in [9.17, 15) is 18.0 Å². The fourth-order valence-electron chi connectivity index (χ4n) is 3.03. The fraction of sp³-hybridized carbons (Fsp3) is 0.407. The molecule has 0 radical (unpaired) electrons. The standard InChI is InChI=1S/C27H31BrF3N5O4/c1-17(13-28)15-38-21-11-5-18(6-12-21)14-32-23-34-24(36-25(35-23)39-16-27(29,30)31)33-20-9-7-19(8-10-20)22(37)40-26(2,3)4/h5-12,17H,13-16H2,1-4H3,(H2,32,33,34,35,36). The number of alkyl halides is 4. The molecule has 0 aliphatic carbocycles. The Balaban J connectivity index is 1.71. The molecule has 1 heterocycles. The number of nitrogens with one attached hydrogen (secondary N) is 2. The van der Waals surface area contributed by atoms with Crippen molar-refractivity contribution in [3.8, 4) is 11.8 Å². The summed E-state index contributed by atoms with van der Waals surface area (Å²) in [6.07, 6.45) is -4.57. The molecule has 3 aromatic rings. The van der Waals surface area contributed by atoms with Crippen LogP contribution in [0.25, 0.3) is 0 Å². The molecule has 0 saturated heterocycles. The van der Waals surface area contributed by atoms with E-state index < -0.39 is 30.4 Å². The Morgan fingerprint density at radius 3 is 2.20 bits per heavy atom. The summed E-state index contributed by atoms with van der Waals surface area (Å²) in [5.41, 5.74) is 1.04. The van der Waals surface area contributed by atoms with Gasteiger partial charge < -0.3 is 24.8 Å². The van der Waals surface area contributed by atoms with E-state index in [1.165, 1.54) is 0 Å². The van der Waals surface area contributed by atoms with E-state index in [-0.39, 0.29) is 18.4 Å². The Labute approximate surface area is 239 Å². The Morgan fingerprint density at radius 1 is 0.950 bits per heavy atom. The van der Waals surface area contributed by atoms with Crippen LogP contribution in [-0.4, -0.2) is 51.2 Å². The minimum atomic E-state index is -4.57. The Bertz CT molecular complexity index is 1250. The number of halogens is 4. The highest BCUT2D eigenvalue weighted by atomic mass is 79.9. The van der Waals surface area contributed by atoms with Crippen LogP contribution in [0.3, 0.4) is 0 Å². The molecule has 2 aromatic carbocycles. The second-order valence-electron chi connectivity index (χ2n) is 9.94. The highest BCUT2D eigenvalue weighted by Gasteiger charge is 2.29. The highest BCUT2D eigenvalue weighted by molar-refractivity contribution is 9.09. The summed E-state index contributed by atoms with van der Waals surface area (Å²) < 4.78 is 54.1. The molecule has 0 amide bonds. The van der Waals surface area contributed by atoms with E-state index in [4.69, 9.17) is 14.2 Å². The van der Waals surface area contributed by atoms with Gasteiger partial charge in [-0.3, -0.25) is 0 Å². The van der Waals surface area contributed by atoms with Crippen LogP contribution in [0.4, 0.5) is 30.8 Å². The van der Waals surface area contributed by atoms with Crippen LogP contribution >= 0.6 is 15.9 Å². The SMILES string of the molecule is CC(CBr)COc1ccc(CNc2nc(Nc3ccc(C(=O)OC(C)(C)C)cc3)nc(OCC(F)(F)F)n2)cc1. The molecule has 0 bridgehead atoms. The molecule has 216 valence electrons. The van der Waals surface area contributed by atoms with Crippen molar-refractivity contribution < 1.29 is 32.2 Å². The number of esters is 1. The van der Waals surface area contributed by atoms with Gasteiger partial charge in [-0.05, 0) is 68.7 Å². The molecule has 0 aliphatic rings. The summed E-state index contributed by atoms with van der Waals surface area (Å²) in [5.74, 6) is 0.561. The molecule has 2 N–H and O–H groups in total. The highest BCUT2D eigenvalue weighted by Crippen LogP contribution is 2.22. The molecule has 1 aromatic heterocycles. The number of nitrogens with zero attached hydrogens (tertiary/aromatic N) is 3. The second kappa shape index (κ2) is 13.6. The van der Waals surface area contributed by atoms with Crippen molar-refractivity contribution in [1.82, 2.24) is 15.0 Å². The predicted molar refractivity (Wildman–Crippen MR) is 148 cm³/mol. The first-order valence-electron chi connectivity index (χ1n) is 12.4. The van der Waals surface area contributed by atoms with Gasteiger partial charge in [-0.25, -0.2) is 4.79 Å². The molecule has 0 saturated carbocycles. The largest absolute Gasteiger partial charge is 0.493 e. The number of anilines is 3. The smallest absolute Gasteiger partial charge is 0.422 e. The summed E-state index contributed by atoms with van der Waals surface area (Å²) in [6.45, 7) is 6.67. The number of rotatable bonds is 12. The third kappa shape index (κ3) is 10.9. The number of benzene rings is 2. The van der Waals surface area contributed by atoms with Crippen LogP contribution in [0, 0.1) is 5.92 Å². The molecule has 1 unspecified atom stereocenters. The number of carbonyl (C=O) groups is 1. The van der Waals surface area contributed by atoms with E-state index >= 15 is 0 Å². The van der Waals surface area contributed by atoms with Crippen LogP contribution in [0.5, 0.6) is 11.8 Å². The van der Waals surface area contributed by atoms with Gasteiger partial charge in [-0.2, -0.15) is 28.1 Å². The quantitative estimate of drug-likeness (QED) is 0.171. The molecule has 9 nitrogen and oxygen atoms in total. The van der Waals surface area contributed by atoms with Crippen molar-refractivity contribution in [1.29, 1.82) is 0 Å². The summed E-state index contributed by atoms with van der Waals surface area (Å²) in [7, 11) is 0. The average Bonchev–Trinajstić information content (AvgIpc) is 2.89. The van der Waals surface area contributed by atoms with Gasteiger partial charge >= 0.3 is 18.2 Å². The van der Waals surface area contributed by atoms with Crippen molar-refractivity contribution in [3.63, 3.8) is 0 Å². The lowest BCUT2D eigenvalue weighted by atomic mass is 10.1. The molecule has 0 spiro atoms. The average molecular weight is 626 g/mol. The third-order valence-electron chi connectivity index (χ3n) is 4.93. The predicted octanol–water partition coefficient (Wildman–Crippen LogP) is 6.53. The summed E-state index contributed by atoms with van der Waals surface area (Å²) in [4.78, 5) is 24.4. The number of aromatic nitrogens is 3. The molecular weight excluding hydrogens is 595 g/mol. The van der Waals surface area contributed by atoms with Crippen molar-refractivity contribution in [3.05, 3.63) is 59.7 Å². The van der Waals surface area contributed by atoms with Gasteiger partial charge in [0.1, 0.15) is 11.4 Å². The monoisotopic (exact) mass is 625 g/mol. The van der Waals surface area contributed by atoms with Crippen LogP contribution in [0.15, 0.2) is 48.5 Å². The zero-order chi connectivity index (χ0) is 29.3. The van der Waals surface area contributed by atoms with Crippen molar-refractivity contribution >= 4 is 39.5 Å². The van der Waals surface area contributed by atoms with E-state index in [0.29, 0.717) is 23.8 Å². The number of carbonyl (C=O) groups excluding carboxylic acids is 1. The first-order chi connectivity index (χ1) is 18.8. The van der Waals surface area contributed by atoms with Crippen molar-refractivity contribution in [2.45, 2.75) is 46.0 Å². The topological polar surface area (TPSA) is 107 Å². The van der Waals surface area contributed by atoms with Gasteiger partial charge in [0.2, 0.25) is 11.9 Å². The molecule has 3 rings (SSSR count). The maximum atomic E-state index is 12.7. The summed E-state index contributed by atoms with van der Waals surface area (Å²) in [6, 6.07) is 13.1. The van der Waals surface area contributed by atoms with Gasteiger partial charge in [-0.15, -0.1) is 0 Å².